The van der Waals surface area contributed by atoms with Crippen LogP contribution in [0.5, 0.6) is 11.5 Å². The van der Waals surface area contributed by atoms with E-state index in [1.165, 1.54) is 6.08 Å². The number of benzene rings is 3. The Bertz CT molecular complexity index is 1080. The number of anilines is 1. The van der Waals surface area contributed by atoms with E-state index in [-0.39, 0.29) is 5.57 Å². The molecule has 0 bridgehead atoms. The van der Waals surface area contributed by atoms with Crippen molar-refractivity contribution >= 4 is 28.4 Å². The first kappa shape index (κ1) is 19.0. The van der Waals surface area contributed by atoms with Gasteiger partial charge in [-0.05, 0) is 42.1 Å². The lowest BCUT2D eigenvalue weighted by atomic mass is 10.1. The number of hydrogen-bond donors (Lipinski definition) is 1. The van der Waals surface area contributed by atoms with Crippen LogP contribution >= 0.6 is 0 Å². The van der Waals surface area contributed by atoms with Crippen LogP contribution in [-0.4, -0.2) is 19.6 Å². The molecule has 0 aliphatic rings. The molecule has 0 atom stereocenters. The summed E-state index contributed by atoms with van der Waals surface area (Å²) >= 11 is 0. The number of methoxy groups -OCH3 is 1. The Labute approximate surface area is 163 Å². The van der Waals surface area contributed by atoms with E-state index in [2.05, 4.69) is 5.32 Å². The van der Waals surface area contributed by atoms with Crippen LogP contribution < -0.4 is 14.8 Å². The Hall–Kier alpha value is -3.78. The van der Waals surface area contributed by atoms with Gasteiger partial charge in [-0.3, -0.25) is 4.79 Å². The summed E-state index contributed by atoms with van der Waals surface area (Å²) < 4.78 is 10.8. The van der Waals surface area contributed by atoms with Gasteiger partial charge in [-0.25, -0.2) is 0 Å². The van der Waals surface area contributed by atoms with Gasteiger partial charge in [0.2, 0.25) is 0 Å². The highest BCUT2D eigenvalue weighted by Gasteiger charge is 2.12. The molecule has 1 amide bonds. The van der Waals surface area contributed by atoms with Crippen molar-refractivity contribution in [2.45, 2.75) is 6.92 Å². The van der Waals surface area contributed by atoms with Gasteiger partial charge in [0.25, 0.3) is 5.91 Å². The number of carbonyl (C=O) groups excluding carboxylic acids is 1. The number of nitrogens with zero attached hydrogens (tertiary/aromatic N) is 1. The van der Waals surface area contributed by atoms with Gasteiger partial charge in [-0.1, -0.05) is 42.5 Å². The predicted molar refractivity (Wildman–Crippen MR) is 110 cm³/mol. The summed E-state index contributed by atoms with van der Waals surface area (Å²) in [6.45, 7) is 2.36. The van der Waals surface area contributed by atoms with Crippen molar-refractivity contribution in [1.29, 1.82) is 5.26 Å². The van der Waals surface area contributed by atoms with Crippen molar-refractivity contribution in [2.75, 3.05) is 19.0 Å². The minimum absolute atomic E-state index is 0.000509. The maximum Gasteiger partial charge on any atom is 0.266 e. The molecule has 5 nitrogen and oxygen atoms in total. The number of ether oxygens (including phenoxy) is 2. The maximum absolute atomic E-state index is 12.7. The van der Waals surface area contributed by atoms with Crippen molar-refractivity contribution in [3.05, 3.63) is 71.8 Å². The summed E-state index contributed by atoms with van der Waals surface area (Å²) in [5.74, 6) is 0.691. The molecule has 3 aromatic rings. The van der Waals surface area contributed by atoms with Gasteiger partial charge < -0.3 is 14.8 Å². The fourth-order valence-electron chi connectivity index (χ4n) is 2.89. The van der Waals surface area contributed by atoms with Gasteiger partial charge in [-0.15, -0.1) is 0 Å². The number of nitriles is 1. The van der Waals surface area contributed by atoms with E-state index >= 15 is 0 Å². The first-order valence-corrected chi connectivity index (χ1v) is 8.88. The highest BCUT2D eigenvalue weighted by atomic mass is 16.5. The second-order valence-corrected chi connectivity index (χ2v) is 5.99. The number of hydrogen-bond acceptors (Lipinski definition) is 4. The largest absolute Gasteiger partial charge is 0.493 e. The van der Waals surface area contributed by atoms with Crippen LogP contribution in [0.2, 0.25) is 0 Å². The lowest BCUT2D eigenvalue weighted by Gasteiger charge is -2.10. The van der Waals surface area contributed by atoms with Gasteiger partial charge in [0.05, 0.1) is 13.7 Å². The maximum atomic E-state index is 12.7. The average Bonchev–Trinajstić information content (AvgIpc) is 2.72. The summed E-state index contributed by atoms with van der Waals surface area (Å²) in [7, 11) is 1.56. The van der Waals surface area contributed by atoms with Crippen molar-refractivity contribution < 1.29 is 14.3 Å². The molecule has 3 aromatic carbocycles. The molecule has 0 heterocycles. The summed E-state index contributed by atoms with van der Waals surface area (Å²) in [6.07, 6.45) is 1.53. The van der Waals surface area contributed by atoms with E-state index in [0.29, 0.717) is 29.4 Å². The van der Waals surface area contributed by atoms with E-state index < -0.39 is 5.91 Å². The van der Waals surface area contributed by atoms with E-state index in [4.69, 9.17) is 9.47 Å². The zero-order valence-corrected chi connectivity index (χ0v) is 15.7. The molecule has 3 rings (SSSR count). The molecule has 28 heavy (non-hydrogen) atoms. The summed E-state index contributed by atoms with van der Waals surface area (Å²) in [5, 5.41) is 14.2. The first-order valence-electron chi connectivity index (χ1n) is 8.88. The molecule has 0 fully saturated rings. The third-order valence-corrected chi connectivity index (χ3v) is 4.20. The molecule has 0 saturated heterocycles. The Morgan fingerprint density at radius 1 is 1.11 bits per heavy atom. The molecule has 0 aliphatic carbocycles. The lowest BCUT2D eigenvalue weighted by Crippen LogP contribution is -2.13. The smallest absolute Gasteiger partial charge is 0.266 e. The molecule has 0 saturated carbocycles. The minimum Gasteiger partial charge on any atom is -0.493 e. The molecule has 0 aliphatic heterocycles. The monoisotopic (exact) mass is 372 g/mol. The standard InChI is InChI=1S/C23H20N2O3/c1-3-28-22-14-16(11-12-21(22)27-2)13-18(15-24)23(26)25-20-10-6-8-17-7-4-5-9-19(17)20/h4-14H,3H2,1-2H3,(H,25,26)/b18-13+. The highest BCUT2D eigenvalue weighted by Crippen LogP contribution is 2.29. The van der Waals surface area contributed by atoms with E-state index in [9.17, 15) is 10.1 Å². The molecular weight excluding hydrogens is 352 g/mol. The number of rotatable bonds is 6. The lowest BCUT2D eigenvalue weighted by molar-refractivity contribution is -0.112. The molecule has 0 aromatic heterocycles. The fourth-order valence-corrected chi connectivity index (χ4v) is 2.89. The van der Waals surface area contributed by atoms with Crippen LogP contribution in [0.3, 0.4) is 0 Å². The quantitative estimate of drug-likeness (QED) is 0.499. The Morgan fingerprint density at radius 3 is 2.64 bits per heavy atom. The zero-order valence-electron chi connectivity index (χ0n) is 15.7. The Kier molecular flexibility index (Phi) is 5.93. The second-order valence-electron chi connectivity index (χ2n) is 5.99. The van der Waals surface area contributed by atoms with Crippen molar-refractivity contribution in [3.63, 3.8) is 0 Å². The van der Waals surface area contributed by atoms with Gasteiger partial charge >= 0.3 is 0 Å². The van der Waals surface area contributed by atoms with Crippen LogP contribution in [0.25, 0.3) is 16.8 Å². The average molecular weight is 372 g/mol. The van der Waals surface area contributed by atoms with Crippen LogP contribution in [-0.2, 0) is 4.79 Å². The van der Waals surface area contributed by atoms with Gasteiger partial charge in [-0.2, -0.15) is 5.26 Å². The van der Waals surface area contributed by atoms with Gasteiger partial charge in [0.15, 0.2) is 11.5 Å². The van der Waals surface area contributed by atoms with Crippen LogP contribution in [0, 0.1) is 11.3 Å². The van der Waals surface area contributed by atoms with E-state index in [1.54, 1.807) is 25.3 Å². The van der Waals surface area contributed by atoms with Crippen LogP contribution in [0.4, 0.5) is 5.69 Å². The predicted octanol–water partition coefficient (Wildman–Crippen LogP) is 4.79. The van der Waals surface area contributed by atoms with Gasteiger partial charge in [0, 0.05) is 11.1 Å². The molecule has 5 heteroatoms. The number of nitrogens with one attached hydrogen (secondary N) is 1. The third kappa shape index (κ3) is 4.13. The van der Waals surface area contributed by atoms with E-state index in [1.807, 2.05) is 55.5 Å². The van der Waals surface area contributed by atoms with Crippen molar-refractivity contribution in [2.24, 2.45) is 0 Å². The topological polar surface area (TPSA) is 71.3 Å². The minimum atomic E-state index is -0.465. The summed E-state index contributed by atoms with van der Waals surface area (Å²) in [4.78, 5) is 12.7. The molecular formula is C23H20N2O3. The highest BCUT2D eigenvalue weighted by molar-refractivity contribution is 6.12. The zero-order chi connectivity index (χ0) is 19.9. The van der Waals surface area contributed by atoms with Crippen LogP contribution in [0.1, 0.15) is 12.5 Å². The van der Waals surface area contributed by atoms with Crippen LogP contribution in [0.15, 0.2) is 66.2 Å². The number of carbonyl (C=O) groups is 1. The SMILES string of the molecule is CCOc1cc(/C=C(\C#N)C(=O)Nc2cccc3ccccc23)ccc1OC. The molecule has 0 radical (unpaired) electrons. The molecule has 0 spiro atoms. The Balaban J connectivity index is 1.89. The molecule has 0 unspecified atom stereocenters. The number of amides is 1. The van der Waals surface area contributed by atoms with Gasteiger partial charge in [0.1, 0.15) is 11.6 Å². The summed E-state index contributed by atoms with van der Waals surface area (Å²) in [5.41, 5.74) is 1.34. The normalized spacial score (nSPS) is 11.0. The third-order valence-electron chi connectivity index (χ3n) is 4.20. The fraction of sp³-hybridized carbons (Fsp3) is 0.130. The van der Waals surface area contributed by atoms with Crippen molar-refractivity contribution in [1.82, 2.24) is 0 Å². The van der Waals surface area contributed by atoms with Crippen molar-refractivity contribution in [3.8, 4) is 17.6 Å². The summed E-state index contributed by atoms with van der Waals surface area (Å²) in [6, 6.07) is 20.6. The van der Waals surface area contributed by atoms with E-state index in [0.717, 1.165) is 10.8 Å². The number of fused-ring (bicyclic) bond motifs is 1. The second kappa shape index (κ2) is 8.74. The first-order chi connectivity index (χ1) is 13.7. The molecule has 1 N–H and O–H groups in total. The molecule has 140 valence electrons. The Morgan fingerprint density at radius 2 is 1.89 bits per heavy atom.